The molecule has 24 heavy (non-hydrogen) atoms. The maximum atomic E-state index is 12.1. The van der Waals surface area contributed by atoms with E-state index in [-0.39, 0.29) is 18.3 Å². The lowest BCUT2D eigenvalue weighted by atomic mass is 9.96. The van der Waals surface area contributed by atoms with Crippen LogP contribution >= 0.6 is 0 Å². The molecule has 0 radical (unpaired) electrons. The molecule has 0 aliphatic rings. The Morgan fingerprint density at radius 1 is 1.00 bits per heavy atom. The minimum atomic E-state index is -0.756. The zero-order valence-electron chi connectivity index (χ0n) is 16.5. The average Bonchev–Trinajstić information content (AvgIpc) is 2.33. The van der Waals surface area contributed by atoms with Crippen LogP contribution in [-0.4, -0.2) is 29.4 Å². The van der Waals surface area contributed by atoms with E-state index in [1.165, 1.54) is 0 Å². The zero-order chi connectivity index (χ0) is 19.0. The van der Waals surface area contributed by atoms with Crippen molar-refractivity contribution in [1.29, 1.82) is 0 Å². The monoisotopic (exact) mass is 342 g/mol. The highest BCUT2D eigenvalue weighted by molar-refractivity contribution is 5.71. The SMILES string of the molecule is CC=CCCC(C)C(CC(=O)OC(C)(C)C)OC(=O)OC(C)(C)C. The van der Waals surface area contributed by atoms with Crippen LogP contribution in [0.5, 0.6) is 0 Å². The first-order valence-corrected chi connectivity index (χ1v) is 8.56. The van der Waals surface area contributed by atoms with E-state index in [1.807, 2.05) is 40.7 Å². The molecule has 140 valence electrons. The molecular weight excluding hydrogens is 308 g/mol. The molecule has 5 nitrogen and oxygen atoms in total. The minimum Gasteiger partial charge on any atom is -0.460 e. The van der Waals surface area contributed by atoms with Crippen LogP contribution < -0.4 is 0 Å². The van der Waals surface area contributed by atoms with E-state index in [2.05, 4.69) is 6.08 Å². The molecule has 5 heteroatoms. The van der Waals surface area contributed by atoms with Crippen LogP contribution in [0.1, 0.15) is 74.7 Å². The van der Waals surface area contributed by atoms with Gasteiger partial charge in [-0.05, 0) is 67.2 Å². The normalized spacial score (nSPS) is 15.0. The average molecular weight is 342 g/mol. The Morgan fingerprint density at radius 3 is 2.00 bits per heavy atom. The van der Waals surface area contributed by atoms with Crippen LogP contribution in [0.3, 0.4) is 0 Å². The van der Waals surface area contributed by atoms with Crippen molar-refractivity contribution < 1.29 is 23.8 Å². The van der Waals surface area contributed by atoms with Crippen molar-refractivity contribution in [1.82, 2.24) is 0 Å². The summed E-state index contributed by atoms with van der Waals surface area (Å²) in [5, 5.41) is 0. The molecule has 0 saturated carbocycles. The molecule has 0 aromatic carbocycles. The van der Waals surface area contributed by atoms with Crippen molar-refractivity contribution in [3.63, 3.8) is 0 Å². The molecular formula is C19H34O5. The lowest BCUT2D eigenvalue weighted by Gasteiger charge is -2.27. The van der Waals surface area contributed by atoms with Crippen LogP contribution in [0, 0.1) is 5.92 Å². The second kappa shape index (κ2) is 9.70. The van der Waals surface area contributed by atoms with Crippen molar-refractivity contribution in [3.8, 4) is 0 Å². The number of hydrogen-bond donors (Lipinski definition) is 0. The Labute approximate surface area is 146 Å². The van der Waals surface area contributed by atoms with Crippen LogP contribution in [-0.2, 0) is 19.0 Å². The van der Waals surface area contributed by atoms with E-state index in [9.17, 15) is 9.59 Å². The number of carbonyl (C=O) groups is 2. The predicted molar refractivity (Wildman–Crippen MR) is 94.8 cm³/mol. The standard InChI is InChI=1S/C19H34O5/c1-9-10-11-12-14(2)15(13-16(20)23-18(3,4)5)22-17(21)24-19(6,7)8/h9-10,14-15H,11-13H2,1-8H3. The highest BCUT2D eigenvalue weighted by Crippen LogP contribution is 2.21. The molecule has 0 aliphatic heterocycles. The Kier molecular flexibility index (Phi) is 9.08. The lowest BCUT2D eigenvalue weighted by molar-refractivity contribution is -0.158. The van der Waals surface area contributed by atoms with Gasteiger partial charge in [-0.1, -0.05) is 19.1 Å². The number of hydrogen-bond acceptors (Lipinski definition) is 5. The molecule has 0 N–H and O–H groups in total. The molecule has 0 fully saturated rings. The molecule has 0 amide bonds. The van der Waals surface area contributed by atoms with Gasteiger partial charge < -0.3 is 14.2 Å². The highest BCUT2D eigenvalue weighted by atomic mass is 16.7. The maximum Gasteiger partial charge on any atom is 0.509 e. The molecule has 0 aliphatic carbocycles. The number of esters is 1. The highest BCUT2D eigenvalue weighted by Gasteiger charge is 2.29. The van der Waals surface area contributed by atoms with E-state index in [0.29, 0.717) is 0 Å². The second-order valence-electron chi connectivity index (χ2n) is 8.03. The first kappa shape index (κ1) is 22.5. The van der Waals surface area contributed by atoms with Gasteiger partial charge in [-0.15, -0.1) is 0 Å². The molecule has 2 atom stereocenters. The summed E-state index contributed by atoms with van der Waals surface area (Å²) in [5.41, 5.74) is -1.20. The Bertz CT molecular complexity index is 396. The maximum absolute atomic E-state index is 12.1. The van der Waals surface area contributed by atoms with Gasteiger partial charge in [0.1, 0.15) is 17.3 Å². The first-order valence-electron chi connectivity index (χ1n) is 8.56. The van der Waals surface area contributed by atoms with Crippen LogP contribution in [0.15, 0.2) is 12.2 Å². The van der Waals surface area contributed by atoms with Gasteiger partial charge in [0.25, 0.3) is 0 Å². The minimum absolute atomic E-state index is 0.0150. The second-order valence-corrected chi connectivity index (χ2v) is 8.03. The summed E-state index contributed by atoms with van der Waals surface area (Å²) >= 11 is 0. The van der Waals surface area contributed by atoms with Gasteiger partial charge >= 0.3 is 12.1 Å². The zero-order valence-corrected chi connectivity index (χ0v) is 16.5. The van der Waals surface area contributed by atoms with Gasteiger partial charge in [-0.3, -0.25) is 4.79 Å². The van der Waals surface area contributed by atoms with Crippen molar-refractivity contribution in [2.45, 2.75) is 92.0 Å². The largest absolute Gasteiger partial charge is 0.509 e. The third-order valence-electron chi connectivity index (χ3n) is 3.08. The smallest absolute Gasteiger partial charge is 0.460 e. The molecule has 0 saturated heterocycles. The first-order chi connectivity index (χ1) is 10.8. The third kappa shape index (κ3) is 12.0. The van der Waals surface area contributed by atoms with Gasteiger partial charge in [-0.2, -0.15) is 0 Å². The Balaban J connectivity index is 4.87. The summed E-state index contributed by atoms with van der Waals surface area (Å²) in [6.07, 6.45) is 4.39. The number of rotatable bonds is 7. The fraction of sp³-hybridized carbons (Fsp3) is 0.789. The van der Waals surface area contributed by atoms with E-state index < -0.39 is 23.5 Å². The molecule has 0 aromatic rings. The summed E-state index contributed by atoms with van der Waals surface area (Å²) in [6.45, 7) is 14.7. The molecule has 0 aromatic heterocycles. The fourth-order valence-electron chi connectivity index (χ4n) is 2.02. The third-order valence-corrected chi connectivity index (χ3v) is 3.08. The molecule has 0 spiro atoms. The van der Waals surface area contributed by atoms with Crippen LogP contribution in [0.25, 0.3) is 0 Å². The van der Waals surface area contributed by atoms with Gasteiger partial charge in [0.2, 0.25) is 0 Å². The van der Waals surface area contributed by atoms with E-state index >= 15 is 0 Å². The lowest BCUT2D eigenvalue weighted by Crippen LogP contribution is -2.34. The van der Waals surface area contributed by atoms with Crippen molar-refractivity contribution in [2.75, 3.05) is 0 Å². The van der Waals surface area contributed by atoms with Gasteiger partial charge in [-0.25, -0.2) is 4.79 Å². The van der Waals surface area contributed by atoms with Crippen LogP contribution in [0.4, 0.5) is 4.79 Å². The van der Waals surface area contributed by atoms with Gasteiger partial charge in [0, 0.05) is 0 Å². The van der Waals surface area contributed by atoms with Crippen molar-refractivity contribution >= 4 is 12.1 Å². The van der Waals surface area contributed by atoms with Crippen molar-refractivity contribution in [2.24, 2.45) is 5.92 Å². The van der Waals surface area contributed by atoms with E-state index in [1.54, 1.807) is 20.8 Å². The van der Waals surface area contributed by atoms with E-state index in [4.69, 9.17) is 14.2 Å². The summed E-state index contributed by atoms with van der Waals surface area (Å²) in [5.74, 6) is -0.366. The molecule has 0 rings (SSSR count). The molecule has 0 heterocycles. The van der Waals surface area contributed by atoms with E-state index in [0.717, 1.165) is 12.8 Å². The van der Waals surface area contributed by atoms with Crippen LogP contribution in [0.2, 0.25) is 0 Å². The predicted octanol–water partition coefficient (Wildman–Crippen LogP) is 5.03. The number of carbonyl (C=O) groups excluding carboxylic acids is 2. The topological polar surface area (TPSA) is 61.8 Å². The molecule has 0 bridgehead atoms. The van der Waals surface area contributed by atoms with Gasteiger partial charge in [0.05, 0.1) is 6.42 Å². The summed E-state index contributed by atoms with van der Waals surface area (Å²) in [7, 11) is 0. The summed E-state index contributed by atoms with van der Waals surface area (Å²) < 4.78 is 16.0. The number of ether oxygens (including phenoxy) is 3. The number of allylic oxidation sites excluding steroid dienone is 2. The Morgan fingerprint density at radius 2 is 1.54 bits per heavy atom. The molecule has 2 unspecified atom stereocenters. The van der Waals surface area contributed by atoms with Crippen molar-refractivity contribution in [3.05, 3.63) is 12.2 Å². The fourth-order valence-corrected chi connectivity index (χ4v) is 2.02. The quantitative estimate of drug-likeness (QED) is 0.479. The Hall–Kier alpha value is -1.52. The summed E-state index contributed by atoms with van der Waals surface area (Å²) in [6, 6.07) is 0. The summed E-state index contributed by atoms with van der Waals surface area (Å²) in [4.78, 5) is 24.1. The van der Waals surface area contributed by atoms with Gasteiger partial charge in [0.15, 0.2) is 0 Å².